The van der Waals surface area contributed by atoms with Crippen molar-refractivity contribution in [3.8, 4) is 0 Å². The van der Waals surface area contributed by atoms with E-state index in [4.69, 9.17) is 11.6 Å². The quantitative estimate of drug-likeness (QED) is 0.803. The summed E-state index contributed by atoms with van der Waals surface area (Å²) < 4.78 is 26.2. The number of aromatic nitrogens is 1. The Morgan fingerprint density at radius 2 is 2.10 bits per heavy atom. The van der Waals surface area contributed by atoms with Crippen molar-refractivity contribution < 1.29 is 8.42 Å². The zero-order chi connectivity index (χ0) is 14.9. The third kappa shape index (κ3) is 2.81. The molecule has 1 aliphatic heterocycles. The third-order valence-corrected chi connectivity index (χ3v) is 6.09. The molecule has 8 heteroatoms. The molecule has 0 N–H and O–H groups in total. The highest BCUT2D eigenvalue weighted by Gasteiger charge is 2.28. The Hall–Kier alpha value is -1.44. The molecular weight excluding hydrogens is 330 g/mol. The van der Waals surface area contributed by atoms with E-state index >= 15 is 0 Å². The number of halogens is 1. The van der Waals surface area contributed by atoms with Crippen molar-refractivity contribution in [2.45, 2.75) is 17.2 Å². The van der Waals surface area contributed by atoms with Crippen LogP contribution in [0.5, 0.6) is 0 Å². The van der Waals surface area contributed by atoms with Crippen LogP contribution in [-0.4, -0.2) is 30.6 Å². The van der Waals surface area contributed by atoms with Crippen molar-refractivity contribution in [1.82, 2.24) is 9.29 Å². The van der Waals surface area contributed by atoms with E-state index in [2.05, 4.69) is 9.98 Å². The fourth-order valence-corrected chi connectivity index (χ4v) is 4.41. The number of benzene rings is 1. The second-order valence-corrected chi connectivity index (χ2v) is 7.51. The van der Waals surface area contributed by atoms with Crippen LogP contribution < -0.4 is 0 Å². The van der Waals surface area contributed by atoms with Crippen molar-refractivity contribution in [3.05, 3.63) is 40.3 Å². The highest BCUT2D eigenvalue weighted by Crippen LogP contribution is 2.29. The average Bonchev–Trinajstić information content (AvgIpc) is 2.94. The lowest BCUT2D eigenvalue weighted by molar-refractivity contribution is 0.524. The first-order chi connectivity index (χ1) is 10.1. The van der Waals surface area contributed by atoms with Gasteiger partial charge in [-0.2, -0.15) is 0 Å². The molecule has 3 rings (SSSR count). The van der Waals surface area contributed by atoms with Gasteiger partial charge < -0.3 is 0 Å². The van der Waals surface area contributed by atoms with Crippen molar-refractivity contribution in [1.29, 1.82) is 0 Å². The topological polar surface area (TPSA) is 62.6 Å². The number of hydrogen-bond donors (Lipinski definition) is 0. The summed E-state index contributed by atoms with van der Waals surface area (Å²) >= 11 is 7.19. The van der Waals surface area contributed by atoms with E-state index in [1.807, 2.05) is 5.38 Å². The first-order valence-electron chi connectivity index (χ1n) is 6.25. The monoisotopic (exact) mass is 341 g/mol. The van der Waals surface area contributed by atoms with E-state index in [1.54, 1.807) is 24.3 Å². The average molecular weight is 342 g/mol. The second kappa shape index (κ2) is 5.75. The van der Waals surface area contributed by atoms with Crippen LogP contribution >= 0.6 is 22.9 Å². The SMILES string of the molecule is O=S1(=O)c2ccccc2N=CN1CCc1nc(CCl)cs1. The first-order valence-corrected chi connectivity index (χ1v) is 9.11. The number of rotatable bonds is 4. The summed E-state index contributed by atoms with van der Waals surface area (Å²) in [5, 5.41) is 2.75. The number of para-hydroxylation sites is 1. The molecule has 1 aromatic carbocycles. The van der Waals surface area contributed by atoms with Crippen LogP contribution in [0.3, 0.4) is 0 Å². The van der Waals surface area contributed by atoms with Crippen molar-refractivity contribution in [2.75, 3.05) is 6.54 Å². The van der Waals surface area contributed by atoms with Gasteiger partial charge in [-0.25, -0.2) is 18.4 Å². The maximum atomic E-state index is 12.5. The number of aliphatic imine (C=N–C) groups is 1. The standard InChI is InChI=1S/C13H12ClN3O2S2/c14-7-10-8-20-13(16-10)5-6-17-9-15-11-3-1-2-4-12(11)21(17,18)19/h1-4,8-9H,5-7H2. The van der Waals surface area contributed by atoms with Gasteiger partial charge in [-0.05, 0) is 12.1 Å². The summed E-state index contributed by atoms with van der Waals surface area (Å²) in [6.45, 7) is 0.315. The summed E-state index contributed by atoms with van der Waals surface area (Å²) in [5.74, 6) is 0.368. The normalized spacial score (nSPS) is 16.0. The molecule has 110 valence electrons. The first kappa shape index (κ1) is 14.5. The van der Waals surface area contributed by atoms with Crippen molar-refractivity contribution >= 4 is 45.0 Å². The zero-order valence-corrected chi connectivity index (χ0v) is 13.3. The Labute approximate surface area is 132 Å². The van der Waals surface area contributed by atoms with Gasteiger partial charge in [0.25, 0.3) is 10.0 Å². The molecule has 5 nitrogen and oxygen atoms in total. The molecule has 0 spiro atoms. The molecular formula is C13H12ClN3O2S2. The van der Waals surface area contributed by atoms with E-state index in [0.717, 1.165) is 10.7 Å². The van der Waals surface area contributed by atoms with Gasteiger partial charge >= 0.3 is 0 Å². The molecule has 2 aromatic rings. The van der Waals surface area contributed by atoms with Gasteiger partial charge in [-0.15, -0.1) is 22.9 Å². The Morgan fingerprint density at radius 3 is 2.86 bits per heavy atom. The minimum absolute atomic E-state index is 0.244. The van der Waals surface area contributed by atoms with E-state index in [0.29, 0.717) is 24.5 Å². The number of sulfonamides is 1. The zero-order valence-electron chi connectivity index (χ0n) is 10.9. The van der Waals surface area contributed by atoms with Crippen molar-refractivity contribution in [3.63, 3.8) is 0 Å². The number of thiazole rings is 1. The van der Waals surface area contributed by atoms with Crippen LogP contribution in [0.15, 0.2) is 39.5 Å². The Bertz CT molecular complexity index is 786. The smallest absolute Gasteiger partial charge is 0.256 e. The van der Waals surface area contributed by atoms with Crippen LogP contribution in [0, 0.1) is 0 Å². The van der Waals surface area contributed by atoms with Crippen LogP contribution in [0.2, 0.25) is 0 Å². The molecule has 0 saturated carbocycles. The van der Waals surface area contributed by atoms with Gasteiger partial charge in [0, 0.05) is 18.3 Å². The molecule has 0 atom stereocenters. The summed E-state index contributed by atoms with van der Waals surface area (Å²) in [6, 6.07) is 6.73. The lowest BCUT2D eigenvalue weighted by Gasteiger charge is -2.23. The molecule has 1 aromatic heterocycles. The number of hydrogen-bond acceptors (Lipinski definition) is 5. The highest BCUT2D eigenvalue weighted by atomic mass is 35.5. The summed E-state index contributed by atoms with van der Waals surface area (Å²) in [4.78, 5) is 8.76. The molecule has 0 unspecified atom stereocenters. The molecule has 1 aliphatic rings. The Morgan fingerprint density at radius 1 is 1.29 bits per heavy atom. The van der Waals surface area contributed by atoms with Gasteiger partial charge in [-0.3, -0.25) is 4.31 Å². The number of nitrogens with zero attached hydrogens (tertiary/aromatic N) is 3. The molecule has 0 amide bonds. The van der Waals surface area contributed by atoms with Gasteiger partial charge in [0.1, 0.15) is 11.2 Å². The van der Waals surface area contributed by atoms with Gasteiger partial charge in [-0.1, -0.05) is 12.1 Å². The van der Waals surface area contributed by atoms with E-state index in [1.165, 1.54) is 22.0 Å². The molecule has 0 bridgehead atoms. The molecule has 0 aliphatic carbocycles. The lowest BCUT2D eigenvalue weighted by atomic mass is 10.3. The van der Waals surface area contributed by atoms with E-state index in [9.17, 15) is 8.42 Å². The number of fused-ring (bicyclic) bond motifs is 1. The second-order valence-electron chi connectivity index (χ2n) is 4.44. The van der Waals surface area contributed by atoms with Crippen LogP contribution in [0.4, 0.5) is 5.69 Å². The van der Waals surface area contributed by atoms with Crippen LogP contribution in [-0.2, 0) is 22.3 Å². The summed E-state index contributed by atoms with van der Waals surface area (Å²) in [7, 11) is -3.52. The predicted molar refractivity (Wildman–Crippen MR) is 83.9 cm³/mol. The van der Waals surface area contributed by atoms with Gasteiger partial charge in [0.05, 0.1) is 22.3 Å². The Balaban J connectivity index is 1.78. The molecule has 21 heavy (non-hydrogen) atoms. The minimum Gasteiger partial charge on any atom is -0.256 e. The Kier molecular flexibility index (Phi) is 3.97. The van der Waals surface area contributed by atoms with Crippen molar-refractivity contribution in [2.24, 2.45) is 4.99 Å². The van der Waals surface area contributed by atoms with Crippen LogP contribution in [0.25, 0.3) is 0 Å². The maximum Gasteiger partial charge on any atom is 0.267 e. The molecule has 0 fully saturated rings. The molecule has 2 heterocycles. The molecule has 0 radical (unpaired) electrons. The van der Waals surface area contributed by atoms with E-state index in [-0.39, 0.29) is 4.90 Å². The number of alkyl halides is 1. The van der Waals surface area contributed by atoms with Gasteiger partial charge in [0.15, 0.2) is 0 Å². The van der Waals surface area contributed by atoms with Crippen LogP contribution in [0.1, 0.15) is 10.7 Å². The fraction of sp³-hybridized carbons (Fsp3) is 0.231. The minimum atomic E-state index is -3.52. The largest absolute Gasteiger partial charge is 0.267 e. The molecule has 0 saturated heterocycles. The maximum absolute atomic E-state index is 12.5. The summed E-state index contributed by atoms with van der Waals surface area (Å²) in [5.41, 5.74) is 1.30. The predicted octanol–water partition coefficient (Wildman–Crippen LogP) is 2.79. The lowest BCUT2D eigenvalue weighted by Crippen LogP contribution is -2.33. The highest BCUT2D eigenvalue weighted by molar-refractivity contribution is 7.89. The fourth-order valence-electron chi connectivity index (χ4n) is 2.01. The van der Waals surface area contributed by atoms with E-state index < -0.39 is 10.0 Å². The third-order valence-electron chi connectivity index (χ3n) is 3.06. The van der Waals surface area contributed by atoms with Gasteiger partial charge in [0.2, 0.25) is 0 Å². The summed E-state index contributed by atoms with van der Waals surface area (Å²) in [6.07, 6.45) is 1.91.